The molecule has 1 fully saturated rings. The smallest absolute Gasteiger partial charge is 0.273 e. The van der Waals surface area contributed by atoms with Gasteiger partial charge in [-0.3, -0.25) is 9.59 Å². The van der Waals surface area contributed by atoms with E-state index in [2.05, 4.69) is 10.3 Å². The van der Waals surface area contributed by atoms with Gasteiger partial charge in [-0.25, -0.2) is 4.98 Å². The average Bonchev–Trinajstić information content (AvgIpc) is 3.25. The van der Waals surface area contributed by atoms with Crippen LogP contribution in [0, 0.1) is 5.92 Å². The highest BCUT2D eigenvalue weighted by Crippen LogP contribution is 2.25. The van der Waals surface area contributed by atoms with Crippen molar-refractivity contribution >= 4 is 28.8 Å². The minimum absolute atomic E-state index is 0.0262. The number of nitrogens with one attached hydrogen (secondary N) is 1. The van der Waals surface area contributed by atoms with Crippen LogP contribution in [0.3, 0.4) is 0 Å². The van der Waals surface area contributed by atoms with Gasteiger partial charge in [-0.05, 0) is 25.0 Å². The van der Waals surface area contributed by atoms with Gasteiger partial charge in [0.1, 0.15) is 10.7 Å². The van der Waals surface area contributed by atoms with Gasteiger partial charge in [0.25, 0.3) is 5.91 Å². The zero-order chi connectivity index (χ0) is 19.3. The highest BCUT2D eigenvalue weighted by atomic mass is 32.1. The van der Waals surface area contributed by atoms with E-state index in [4.69, 9.17) is 0 Å². The number of benzene rings is 2. The molecule has 0 radical (unpaired) electrons. The highest BCUT2D eigenvalue weighted by Gasteiger charge is 2.28. The third-order valence-corrected chi connectivity index (χ3v) is 5.83. The van der Waals surface area contributed by atoms with Crippen LogP contribution in [0.25, 0.3) is 10.6 Å². The van der Waals surface area contributed by atoms with Crippen molar-refractivity contribution in [2.24, 2.45) is 5.92 Å². The summed E-state index contributed by atoms with van der Waals surface area (Å²) in [6.07, 6.45) is 1.33. The molecule has 142 valence electrons. The fraction of sp³-hybridized carbons (Fsp3) is 0.227. The number of carbonyl (C=O) groups is 2. The number of amides is 2. The highest BCUT2D eigenvalue weighted by molar-refractivity contribution is 7.13. The number of anilines is 1. The predicted molar refractivity (Wildman–Crippen MR) is 111 cm³/mol. The van der Waals surface area contributed by atoms with Crippen LogP contribution >= 0.6 is 11.3 Å². The lowest BCUT2D eigenvalue weighted by Gasteiger charge is -2.30. The van der Waals surface area contributed by atoms with Crippen molar-refractivity contribution in [3.63, 3.8) is 0 Å². The average molecular weight is 391 g/mol. The van der Waals surface area contributed by atoms with Crippen molar-refractivity contribution in [2.45, 2.75) is 12.8 Å². The minimum atomic E-state index is -0.0698. The number of hydrogen-bond donors (Lipinski definition) is 1. The quantitative estimate of drug-likeness (QED) is 0.721. The van der Waals surface area contributed by atoms with Crippen molar-refractivity contribution < 1.29 is 9.59 Å². The van der Waals surface area contributed by atoms with Crippen molar-refractivity contribution in [3.8, 4) is 10.6 Å². The molecular formula is C22H21N3O2S. The molecular weight excluding hydrogens is 370 g/mol. The Morgan fingerprint density at radius 2 is 1.61 bits per heavy atom. The molecule has 6 heteroatoms. The first-order chi connectivity index (χ1) is 13.7. The van der Waals surface area contributed by atoms with Crippen LogP contribution in [0.15, 0.2) is 66.0 Å². The molecule has 0 bridgehead atoms. The molecule has 2 heterocycles. The SMILES string of the molecule is O=C(Nc1ccccc1)C1CCN(C(=O)c2csc(-c3ccccc3)n2)CC1. The largest absolute Gasteiger partial charge is 0.337 e. The van der Waals surface area contributed by atoms with E-state index in [1.807, 2.05) is 66.0 Å². The lowest BCUT2D eigenvalue weighted by Crippen LogP contribution is -2.41. The van der Waals surface area contributed by atoms with E-state index in [1.165, 1.54) is 11.3 Å². The van der Waals surface area contributed by atoms with E-state index in [0.717, 1.165) is 16.3 Å². The Bertz CT molecular complexity index is 948. The lowest BCUT2D eigenvalue weighted by atomic mass is 9.95. The third-order valence-electron chi connectivity index (χ3n) is 4.94. The molecule has 0 spiro atoms. The molecule has 1 aliphatic rings. The summed E-state index contributed by atoms with van der Waals surface area (Å²) in [7, 11) is 0. The summed E-state index contributed by atoms with van der Waals surface area (Å²) in [5.74, 6) is -0.0989. The van der Waals surface area contributed by atoms with Crippen LogP contribution in [-0.2, 0) is 4.79 Å². The van der Waals surface area contributed by atoms with Crippen molar-refractivity contribution in [3.05, 3.63) is 71.7 Å². The molecule has 1 N–H and O–H groups in total. The first kappa shape index (κ1) is 18.4. The van der Waals surface area contributed by atoms with Crippen LogP contribution in [0.5, 0.6) is 0 Å². The Morgan fingerprint density at radius 3 is 2.29 bits per heavy atom. The summed E-state index contributed by atoms with van der Waals surface area (Å²) in [6.45, 7) is 1.15. The van der Waals surface area contributed by atoms with Crippen molar-refractivity contribution in [1.29, 1.82) is 0 Å². The number of para-hydroxylation sites is 1. The number of likely N-dealkylation sites (tertiary alicyclic amines) is 1. The zero-order valence-electron chi connectivity index (χ0n) is 15.4. The first-order valence-corrected chi connectivity index (χ1v) is 10.2. The Balaban J connectivity index is 1.34. The number of piperidine rings is 1. The van der Waals surface area contributed by atoms with E-state index in [0.29, 0.717) is 31.6 Å². The summed E-state index contributed by atoms with van der Waals surface area (Å²) in [5, 5.41) is 5.62. The van der Waals surface area contributed by atoms with Gasteiger partial charge in [0.05, 0.1) is 0 Å². The normalized spacial score (nSPS) is 14.6. The van der Waals surface area contributed by atoms with Gasteiger partial charge in [-0.2, -0.15) is 0 Å². The second-order valence-corrected chi connectivity index (χ2v) is 7.68. The van der Waals surface area contributed by atoms with Gasteiger partial charge < -0.3 is 10.2 Å². The van der Waals surface area contributed by atoms with Crippen LogP contribution in [0.1, 0.15) is 23.3 Å². The van der Waals surface area contributed by atoms with Crippen LogP contribution < -0.4 is 5.32 Å². The number of carbonyl (C=O) groups excluding carboxylic acids is 2. The van der Waals surface area contributed by atoms with E-state index in [9.17, 15) is 9.59 Å². The third kappa shape index (κ3) is 4.12. The molecule has 5 nitrogen and oxygen atoms in total. The fourth-order valence-electron chi connectivity index (χ4n) is 3.36. The molecule has 28 heavy (non-hydrogen) atoms. The Kier molecular flexibility index (Phi) is 5.48. The Hall–Kier alpha value is -2.99. The van der Waals surface area contributed by atoms with Gasteiger partial charge in [0.2, 0.25) is 5.91 Å². The molecule has 1 aliphatic heterocycles. The lowest BCUT2D eigenvalue weighted by molar-refractivity contribution is -0.121. The summed E-state index contributed by atoms with van der Waals surface area (Å²) < 4.78 is 0. The van der Waals surface area contributed by atoms with Gasteiger partial charge in [0, 0.05) is 35.6 Å². The van der Waals surface area contributed by atoms with E-state index >= 15 is 0 Å². The van der Waals surface area contributed by atoms with E-state index in [-0.39, 0.29) is 17.7 Å². The van der Waals surface area contributed by atoms with E-state index < -0.39 is 0 Å². The molecule has 0 aliphatic carbocycles. The second kappa shape index (κ2) is 8.35. The topological polar surface area (TPSA) is 62.3 Å². The van der Waals surface area contributed by atoms with Crippen LogP contribution in [-0.4, -0.2) is 34.8 Å². The summed E-state index contributed by atoms with van der Waals surface area (Å²) in [6, 6.07) is 19.3. The fourth-order valence-corrected chi connectivity index (χ4v) is 4.16. The molecule has 0 saturated carbocycles. The number of rotatable bonds is 4. The maximum absolute atomic E-state index is 12.8. The number of thiazole rings is 1. The Morgan fingerprint density at radius 1 is 0.964 bits per heavy atom. The molecule has 4 rings (SSSR count). The Labute approximate surface area is 168 Å². The molecule has 1 saturated heterocycles. The molecule has 2 amide bonds. The van der Waals surface area contributed by atoms with Gasteiger partial charge in [-0.15, -0.1) is 11.3 Å². The molecule has 2 aromatic carbocycles. The summed E-state index contributed by atoms with van der Waals surface area (Å²) in [5.41, 5.74) is 2.31. The number of nitrogens with zero attached hydrogens (tertiary/aromatic N) is 2. The maximum Gasteiger partial charge on any atom is 0.273 e. The summed E-state index contributed by atoms with van der Waals surface area (Å²) >= 11 is 1.48. The predicted octanol–water partition coefficient (Wildman–Crippen LogP) is 4.30. The minimum Gasteiger partial charge on any atom is -0.337 e. The maximum atomic E-state index is 12.8. The monoisotopic (exact) mass is 391 g/mol. The second-order valence-electron chi connectivity index (χ2n) is 6.83. The van der Waals surface area contributed by atoms with Crippen molar-refractivity contribution in [1.82, 2.24) is 9.88 Å². The molecule has 0 atom stereocenters. The number of aromatic nitrogens is 1. The standard InChI is InChI=1S/C22H21N3O2S/c26-20(23-18-9-5-2-6-10-18)16-11-13-25(14-12-16)22(27)19-15-28-21(24-19)17-7-3-1-4-8-17/h1-10,15-16H,11-14H2,(H,23,26). The van der Waals surface area contributed by atoms with Gasteiger partial charge in [-0.1, -0.05) is 48.5 Å². The van der Waals surface area contributed by atoms with Gasteiger partial charge in [0.15, 0.2) is 0 Å². The number of hydrogen-bond acceptors (Lipinski definition) is 4. The van der Waals surface area contributed by atoms with Crippen LogP contribution in [0.2, 0.25) is 0 Å². The summed E-state index contributed by atoms with van der Waals surface area (Å²) in [4.78, 5) is 31.5. The van der Waals surface area contributed by atoms with Crippen LogP contribution in [0.4, 0.5) is 5.69 Å². The zero-order valence-corrected chi connectivity index (χ0v) is 16.2. The first-order valence-electron chi connectivity index (χ1n) is 9.37. The van der Waals surface area contributed by atoms with E-state index in [1.54, 1.807) is 4.90 Å². The van der Waals surface area contributed by atoms with Gasteiger partial charge >= 0.3 is 0 Å². The molecule has 0 unspecified atom stereocenters. The molecule has 1 aromatic heterocycles. The van der Waals surface area contributed by atoms with Crippen molar-refractivity contribution in [2.75, 3.05) is 18.4 Å². The molecule has 3 aromatic rings.